The molecule has 0 aliphatic heterocycles. The lowest BCUT2D eigenvalue weighted by Crippen LogP contribution is -2.48. The zero-order valence-electron chi connectivity index (χ0n) is 22.1. The van der Waals surface area contributed by atoms with Crippen LogP contribution >= 0.6 is 0 Å². The van der Waals surface area contributed by atoms with Crippen LogP contribution in [0, 0.1) is 0 Å². The van der Waals surface area contributed by atoms with E-state index in [2.05, 4.69) is 10.1 Å². The summed E-state index contributed by atoms with van der Waals surface area (Å²) in [6.45, 7) is 0. The fourth-order valence-corrected chi connectivity index (χ4v) is 3.59. The van der Waals surface area contributed by atoms with Gasteiger partial charge in [-0.25, -0.2) is 19.2 Å². The maximum absolute atomic E-state index is 13.3. The largest absolute Gasteiger partial charge is 0.478 e. The number of hydrogen-bond donors (Lipinski definition) is 2. The molecule has 44 heavy (non-hydrogen) atoms. The van der Waals surface area contributed by atoms with Gasteiger partial charge in [0.2, 0.25) is 12.2 Å². The molecule has 0 heterocycles. The van der Waals surface area contributed by atoms with E-state index < -0.39 is 76.6 Å². The van der Waals surface area contributed by atoms with Gasteiger partial charge in [-0.1, -0.05) is 24.3 Å². The highest BCUT2D eigenvalue weighted by molar-refractivity contribution is 6.05. The first kappa shape index (κ1) is 33.1. The van der Waals surface area contributed by atoms with Gasteiger partial charge in [0.1, 0.15) is 0 Å². The normalized spacial score (nSPS) is 12.8. The number of esters is 3. The van der Waals surface area contributed by atoms with Gasteiger partial charge in [-0.05, 0) is 48.5 Å². The number of carbonyl (C=O) groups excluding carboxylic acids is 4. The van der Waals surface area contributed by atoms with Crippen LogP contribution in [0.15, 0.2) is 72.8 Å². The number of alkyl halides is 6. The number of methoxy groups -OCH3 is 1. The fraction of sp³-hybridized carbons (Fsp3) is 0.179. The number of amides is 1. The van der Waals surface area contributed by atoms with Gasteiger partial charge < -0.3 is 24.6 Å². The summed E-state index contributed by atoms with van der Waals surface area (Å²) in [5.74, 6) is -8.01. The molecule has 0 aliphatic rings. The number of carboxylic acid groups (broad SMARTS) is 1. The third-order valence-corrected chi connectivity index (χ3v) is 5.69. The molecule has 2 atom stereocenters. The van der Waals surface area contributed by atoms with Gasteiger partial charge in [0, 0.05) is 0 Å². The van der Waals surface area contributed by atoms with E-state index in [0.29, 0.717) is 24.3 Å². The second-order valence-corrected chi connectivity index (χ2v) is 8.67. The molecule has 0 radical (unpaired) electrons. The number of carboxylic acids is 1. The van der Waals surface area contributed by atoms with Crippen molar-refractivity contribution in [1.29, 1.82) is 0 Å². The molecule has 0 spiro atoms. The molecule has 1 amide bonds. The van der Waals surface area contributed by atoms with E-state index >= 15 is 0 Å². The molecule has 3 rings (SSSR count). The number of nitrogens with one attached hydrogen (secondary N) is 1. The summed E-state index contributed by atoms with van der Waals surface area (Å²) < 4.78 is 93.2. The van der Waals surface area contributed by atoms with Crippen molar-refractivity contribution in [2.24, 2.45) is 0 Å². The predicted octanol–water partition coefficient (Wildman–Crippen LogP) is 4.99. The van der Waals surface area contributed by atoms with Gasteiger partial charge in [-0.15, -0.1) is 0 Å². The molecule has 0 unspecified atom stereocenters. The zero-order chi connectivity index (χ0) is 32.8. The first-order valence-corrected chi connectivity index (χ1v) is 12.0. The highest BCUT2D eigenvalue weighted by Crippen LogP contribution is 2.31. The van der Waals surface area contributed by atoms with E-state index in [0.717, 1.165) is 37.4 Å². The Balaban J connectivity index is 2.02. The number of carbonyl (C=O) groups is 5. The van der Waals surface area contributed by atoms with Gasteiger partial charge in [0.05, 0.1) is 40.6 Å². The van der Waals surface area contributed by atoms with E-state index in [4.69, 9.17) is 9.47 Å². The Kier molecular flexibility index (Phi) is 9.98. The topological polar surface area (TPSA) is 145 Å². The summed E-state index contributed by atoms with van der Waals surface area (Å²) in [5, 5.41) is 11.9. The molecule has 0 saturated heterocycles. The zero-order valence-corrected chi connectivity index (χ0v) is 22.1. The molecular formula is C28H19F6NO9. The quantitative estimate of drug-likeness (QED) is 0.191. The smallest absolute Gasteiger partial charge is 0.416 e. The van der Waals surface area contributed by atoms with Crippen LogP contribution in [0.5, 0.6) is 0 Å². The third kappa shape index (κ3) is 8.11. The summed E-state index contributed by atoms with van der Waals surface area (Å²) in [6, 6.07) is 10.3. The molecule has 0 aliphatic carbocycles. The first-order valence-electron chi connectivity index (χ1n) is 12.0. The summed E-state index contributed by atoms with van der Waals surface area (Å²) in [4.78, 5) is 63.1. The molecule has 0 aromatic heterocycles. The maximum atomic E-state index is 13.3. The lowest BCUT2D eigenvalue weighted by atomic mass is 10.1. The van der Waals surface area contributed by atoms with Gasteiger partial charge in [0.15, 0.2) is 0 Å². The van der Waals surface area contributed by atoms with Gasteiger partial charge in [-0.3, -0.25) is 4.79 Å². The van der Waals surface area contributed by atoms with Crippen molar-refractivity contribution in [2.45, 2.75) is 24.6 Å². The number of anilines is 1. The van der Waals surface area contributed by atoms with Crippen LogP contribution in [0.1, 0.15) is 42.2 Å². The number of halogens is 6. The highest BCUT2D eigenvalue weighted by Gasteiger charge is 2.42. The molecule has 16 heteroatoms. The van der Waals surface area contributed by atoms with Gasteiger partial charge in [-0.2, -0.15) is 26.3 Å². The Bertz CT molecular complexity index is 1590. The van der Waals surface area contributed by atoms with E-state index in [1.165, 1.54) is 18.2 Å². The van der Waals surface area contributed by atoms with Crippen LogP contribution in [0.3, 0.4) is 0 Å². The number of para-hydroxylation sites is 1. The predicted molar refractivity (Wildman–Crippen MR) is 135 cm³/mol. The van der Waals surface area contributed by atoms with Crippen LogP contribution < -0.4 is 5.32 Å². The van der Waals surface area contributed by atoms with Crippen molar-refractivity contribution < 1.29 is 69.6 Å². The number of benzene rings is 3. The monoisotopic (exact) mass is 627 g/mol. The van der Waals surface area contributed by atoms with Crippen molar-refractivity contribution in [3.63, 3.8) is 0 Å². The first-order chi connectivity index (χ1) is 20.5. The SMILES string of the molecule is COC(=O)c1ccccc1NC(=O)[C@H](OC(=O)c1cccc(C(F)(F)F)c1)[C@@H](OC(=O)c1cccc(C(F)(F)F)c1)C(=O)O. The minimum absolute atomic E-state index is 0.265. The summed E-state index contributed by atoms with van der Waals surface area (Å²) in [5.41, 5.74) is -4.77. The van der Waals surface area contributed by atoms with Crippen molar-refractivity contribution in [3.8, 4) is 0 Å². The van der Waals surface area contributed by atoms with E-state index in [9.17, 15) is 55.4 Å². The number of hydrogen-bond acceptors (Lipinski definition) is 8. The lowest BCUT2D eigenvalue weighted by Gasteiger charge is -2.24. The molecule has 3 aromatic rings. The van der Waals surface area contributed by atoms with E-state index in [1.54, 1.807) is 0 Å². The van der Waals surface area contributed by atoms with Crippen LogP contribution in [-0.4, -0.2) is 54.2 Å². The van der Waals surface area contributed by atoms with Crippen LogP contribution in [-0.2, 0) is 36.2 Å². The summed E-state index contributed by atoms with van der Waals surface area (Å²) >= 11 is 0. The molecule has 0 fully saturated rings. The number of ether oxygens (including phenoxy) is 3. The van der Waals surface area contributed by atoms with E-state index in [-0.39, 0.29) is 11.3 Å². The van der Waals surface area contributed by atoms with Crippen molar-refractivity contribution in [2.75, 3.05) is 12.4 Å². The Morgan fingerprint density at radius 2 is 1.16 bits per heavy atom. The lowest BCUT2D eigenvalue weighted by molar-refractivity contribution is -0.157. The summed E-state index contributed by atoms with van der Waals surface area (Å²) in [6.07, 6.45) is -15.2. The molecule has 3 aromatic carbocycles. The molecule has 232 valence electrons. The van der Waals surface area contributed by atoms with Crippen molar-refractivity contribution in [3.05, 3.63) is 101 Å². The Morgan fingerprint density at radius 3 is 1.61 bits per heavy atom. The average molecular weight is 627 g/mol. The van der Waals surface area contributed by atoms with Crippen molar-refractivity contribution in [1.82, 2.24) is 0 Å². The second kappa shape index (κ2) is 13.3. The standard InChI is InChI=1S/C28H19F6NO9/c1-42-26(41)18-10-2-3-11-19(18)35-22(36)20(43-24(39)14-6-4-8-16(12-14)27(29,30)31)21(23(37)38)44-25(40)15-7-5-9-17(13-15)28(32,33)34/h2-13,20-21H,1H3,(H,35,36)(H,37,38)/t20-,21-/m1/s1. The average Bonchev–Trinajstić information content (AvgIpc) is 2.97. The molecule has 0 bridgehead atoms. The van der Waals surface area contributed by atoms with Gasteiger partial charge >= 0.3 is 36.2 Å². The Labute approximate surface area is 243 Å². The molecule has 10 nitrogen and oxygen atoms in total. The Morgan fingerprint density at radius 1 is 0.682 bits per heavy atom. The molecular weight excluding hydrogens is 608 g/mol. The van der Waals surface area contributed by atoms with Crippen molar-refractivity contribution >= 4 is 35.5 Å². The van der Waals surface area contributed by atoms with Crippen LogP contribution in [0.4, 0.5) is 32.0 Å². The minimum Gasteiger partial charge on any atom is -0.478 e. The fourth-order valence-electron chi connectivity index (χ4n) is 3.59. The van der Waals surface area contributed by atoms with Crippen LogP contribution in [0.25, 0.3) is 0 Å². The summed E-state index contributed by atoms with van der Waals surface area (Å²) in [7, 11) is 1.01. The van der Waals surface area contributed by atoms with E-state index in [1.807, 2.05) is 0 Å². The van der Waals surface area contributed by atoms with Crippen LogP contribution in [0.2, 0.25) is 0 Å². The molecule has 0 saturated carbocycles. The minimum atomic E-state index is -4.91. The second-order valence-electron chi connectivity index (χ2n) is 8.67. The Hall–Kier alpha value is -5.41. The molecule has 2 N–H and O–H groups in total. The van der Waals surface area contributed by atoms with Gasteiger partial charge in [0.25, 0.3) is 5.91 Å². The number of rotatable bonds is 9. The third-order valence-electron chi connectivity index (χ3n) is 5.69. The highest BCUT2D eigenvalue weighted by atomic mass is 19.4. The number of aliphatic carboxylic acids is 1. The maximum Gasteiger partial charge on any atom is 0.416 e.